The van der Waals surface area contributed by atoms with E-state index in [1.807, 2.05) is 4.90 Å². The van der Waals surface area contributed by atoms with E-state index in [1.54, 1.807) is 12.1 Å². The van der Waals surface area contributed by atoms with Crippen molar-refractivity contribution in [3.63, 3.8) is 0 Å². The standard InChI is InChI=1S/C14H20N2O3/c1-10(2)15-6-11-8-16(9-12(7-15)19-11)14(17)13-4-3-5-18-13/h3-5,10-12H,6-9H2,1-2H3. The number of carbonyl (C=O) groups excluding carboxylic acids is 1. The van der Waals surface area contributed by atoms with Crippen LogP contribution in [-0.4, -0.2) is 60.1 Å². The van der Waals surface area contributed by atoms with E-state index in [-0.39, 0.29) is 18.1 Å². The molecule has 5 nitrogen and oxygen atoms in total. The summed E-state index contributed by atoms with van der Waals surface area (Å²) in [5.41, 5.74) is 0. The van der Waals surface area contributed by atoms with Crippen molar-refractivity contribution in [2.75, 3.05) is 26.2 Å². The molecule has 2 atom stereocenters. The zero-order valence-electron chi connectivity index (χ0n) is 11.4. The third kappa shape index (κ3) is 2.53. The predicted octanol–water partition coefficient (Wildman–Crippen LogP) is 1.21. The number of ether oxygens (including phenoxy) is 1. The maximum Gasteiger partial charge on any atom is 0.289 e. The average molecular weight is 264 g/mol. The highest BCUT2D eigenvalue weighted by Crippen LogP contribution is 2.22. The minimum atomic E-state index is -0.0266. The zero-order valence-corrected chi connectivity index (χ0v) is 11.4. The van der Waals surface area contributed by atoms with Crippen LogP contribution in [0.5, 0.6) is 0 Å². The summed E-state index contributed by atoms with van der Waals surface area (Å²) < 4.78 is 11.1. The Morgan fingerprint density at radius 2 is 1.95 bits per heavy atom. The van der Waals surface area contributed by atoms with Gasteiger partial charge in [-0.3, -0.25) is 9.69 Å². The lowest BCUT2D eigenvalue weighted by Gasteiger charge is -2.46. The van der Waals surface area contributed by atoms with Crippen LogP contribution in [0, 0.1) is 0 Å². The van der Waals surface area contributed by atoms with E-state index in [9.17, 15) is 4.79 Å². The van der Waals surface area contributed by atoms with Crippen molar-refractivity contribution in [3.8, 4) is 0 Å². The van der Waals surface area contributed by atoms with Gasteiger partial charge in [0.1, 0.15) is 0 Å². The summed E-state index contributed by atoms with van der Waals surface area (Å²) in [6.07, 6.45) is 1.78. The van der Waals surface area contributed by atoms with E-state index < -0.39 is 0 Å². The molecule has 1 aromatic heterocycles. The number of hydrogen-bond acceptors (Lipinski definition) is 4. The van der Waals surface area contributed by atoms with Crippen LogP contribution in [0.2, 0.25) is 0 Å². The molecule has 2 aliphatic heterocycles. The normalized spacial score (nSPS) is 27.8. The molecule has 2 aliphatic rings. The SMILES string of the molecule is CC(C)N1CC2CN(C(=O)c3ccco3)CC(C1)O2. The van der Waals surface area contributed by atoms with Crippen molar-refractivity contribution < 1.29 is 13.9 Å². The van der Waals surface area contributed by atoms with E-state index in [0.29, 0.717) is 24.9 Å². The van der Waals surface area contributed by atoms with Crippen LogP contribution in [0.25, 0.3) is 0 Å². The summed E-state index contributed by atoms with van der Waals surface area (Å²) in [5, 5.41) is 0. The zero-order chi connectivity index (χ0) is 13.4. The van der Waals surface area contributed by atoms with Crippen LogP contribution in [0.15, 0.2) is 22.8 Å². The molecule has 104 valence electrons. The Morgan fingerprint density at radius 3 is 2.47 bits per heavy atom. The summed E-state index contributed by atoms with van der Waals surface area (Å²) in [6.45, 7) is 7.50. The summed E-state index contributed by atoms with van der Waals surface area (Å²) in [4.78, 5) is 16.6. The summed E-state index contributed by atoms with van der Waals surface area (Å²) in [5.74, 6) is 0.391. The van der Waals surface area contributed by atoms with Crippen LogP contribution < -0.4 is 0 Å². The second-order valence-corrected chi connectivity index (χ2v) is 5.62. The van der Waals surface area contributed by atoms with Crippen molar-refractivity contribution in [2.45, 2.75) is 32.1 Å². The van der Waals surface area contributed by atoms with Crippen molar-refractivity contribution in [1.82, 2.24) is 9.80 Å². The van der Waals surface area contributed by atoms with Gasteiger partial charge < -0.3 is 14.1 Å². The van der Waals surface area contributed by atoms with Gasteiger partial charge in [-0.2, -0.15) is 0 Å². The van der Waals surface area contributed by atoms with E-state index >= 15 is 0 Å². The topological polar surface area (TPSA) is 45.9 Å². The molecule has 0 spiro atoms. The second-order valence-electron chi connectivity index (χ2n) is 5.62. The minimum absolute atomic E-state index is 0.0266. The van der Waals surface area contributed by atoms with Gasteiger partial charge in [-0.15, -0.1) is 0 Å². The Kier molecular flexibility index (Phi) is 3.33. The van der Waals surface area contributed by atoms with Gasteiger partial charge >= 0.3 is 0 Å². The fourth-order valence-corrected chi connectivity index (χ4v) is 2.87. The molecule has 1 amide bonds. The molecular weight excluding hydrogens is 244 g/mol. The molecular formula is C14H20N2O3. The van der Waals surface area contributed by atoms with Gasteiger partial charge in [-0.1, -0.05) is 0 Å². The van der Waals surface area contributed by atoms with E-state index in [4.69, 9.17) is 9.15 Å². The average Bonchev–Trinajstić information content (AvgIpc) is 2.90. The first-order chi connectivity index (χ1) is 9.13. The third-order valence-corrected chi connectivity index (χ3v) is 3.86. The molecule has 2 saturated heterocycles. The number of hydrogen-bond donors (Lipinski definition) is 0. The number of amides is 1. The first kappa shape index (κ1) is 12.7. The van der Waals surface area contributed by atoms with Gasteiger partial charge in [0.15, 0.2) is 5.76 Å². The molecule has 5 heteroatoms. The quantitative estimate of drug-likeness (QED) is 0.805. The number of fused-ring (bicyclic) bond motifs is 2. The number of furan rings is 1. The van der Waals surface area contributed by atoms with Gasteiger partial charge in [0, 0.05) is 32.2 Å². The van der Waals surface area contributed by atoms with Crippen molar-refractivity contribution >= 4 is 5.91 Å². The lowest BCUT2D eigenvalue weighted by Crippen LogP contribution is -2.61. The largest absolute Gasteiger partial charge is 0.459 e. The number of carbonyl (C=O) groups is 1. The van der Waals surface area contributed by atoms with E-state index in [2.05, 4.69) is 18.7 Å². The smallest absolute Gasteiger partial charge is 0.289 e. The molecule has 0 aromatic carbocycles. The summed E-state index contributed by atoms with van der Waals surface area (Å²) in [7, 11) is 0. The van der Waals surface area contributed by atoms with Crippen LogP contribution in [0.4, 0.5) is 0 Å². The highest BCUT2D eigenvalue weighted by Gasteiger charge is 2.37. The van der Waals surface area contributed by atoms with Gasteiger partial charge in [0.05, 0.1) is 18.5 Å². The molecule has 3 heterocycles. The maximum absolute atomic E-state index is 12.3. The van der Waals surface area contributed by atoms with Crippen molar-refractivity contribution in [1.29, 1.82) is 0 Å². The molecule has 2 bridgehead atoms. The fourth-order valence-electron chi connectivity index (χ4n) is 2.87. The van der Waals surface area contributed by atoms with Gasteiger partial charge in [-0.05, 0) is 26.0 Å². The Labute approximate surface area is 113 Å². The maximum atomic E-state index is 12.3. The first-order valence-corrected chi connectivity index (χ1v) is 6.86. The molecule has 3 rings (SSSR count). The monoisotopic (exact) mass is 264 g/mol. The number of rotatable bonds is 2. The second kappa shape index (κ2) is 4.98. The fraction of sp³-hybridized carbons (Fsp3) is 0.643. The molecule has 0 saturated carbocycles. The van der Waals surface area contributed by atoms with Crippen LogP contribution in [0.1, 0.15) is 24.4 Å². The Balaban J connectivity index is 1.68. The van der Waals surface area contributed by atoms with Gasteiger partial charge in [-0.25, -0.2) is 0 Å². The van der Waals surface area contributed by atoms with Gasteiger partial charge in [0.2, 0.25) is 0 Å². The minimum Gasteiger partial charge on any atom is -0.459 e. The highest BCUT2D eigenvalue weighted by molar-refractivity contribution is 5.91. The molecule has 2 fully saturated rings. The predicted molar refractivity (Wildman–Crippen MR) is 70.0 cm³/mol. The first-order valence-electron chi connectivity index (χ1n) is 6.86. The Bertz CT molecular complexity index is 430. The molecule has 19 heavy (non-hydrogen) atoms. The molecule has 0 aliphatic carbocycles. The van der Waals surface area contributed by atoms with Crippen LogP contribution in [0.3, 0.4) is 0 Å². The van der Waals surface area contributed by atoms with Gasteiger partial charge in [0.25, 0.3) is 5.91 Å². The molecule has 0 N–H and O–H groups in total. The Morgan fingerprint density at radius 1 is 1.26 bits per heavy atom. The number of morpholine rings is 2. The number of nitrogens with zero attached hydrogens (tertiary/aromatic N) is 2. The molecule has 1 aromatic rings. The third-order valence-electron chi connectivity index (χ3n) is 3.86. The Hall–Kier alpha value is -1.33. The molecule has 0 radical (unpaired) electrons. The lowest BCUT2D eigenvalue weighted by molar-refractivity contribution is -0.135. The lowest BCUT2D eigenvalue weighted by atomic mass is 10.1. The molecule has 2 unspecified atom stereocenters. The summed E-state index contributed by atoms with van der Waals surface area (Å²) >= 11 is 0. The van der Waals surface area contributed by atoms with Crippen LogP contribution in [-0.2, 0) is 4.74 Å². The highest BCUT2D eigenvalue weighted by atomic mass is 16.5. The summed E-state index contributed by atoms with van der Waals surface area (Å²) in [6, 6.07) is 3.99. The van der Waals surface area contributed by atoms with E-state index in [0.717, 1.165) is 13.1 Å². The van der Waals surface area contributed by atoms with E-state index in [1.165, 1.54) is 6.26 Å². The van der Waals surface area contributed by atoms with Crippen molar-refractivity contribution in [2.24, 2.45) is 0 Å². The van der Waals surface area contributed by atoms with Crippen LogP contribution >= 0.6 is 0 Å². The van der Waals surface area contributed by atoms with Crippen molar-refractivity contribution in [3.05, 3.63) is 24.2 Å².